The number of hydrogen-bond donors (Lipinski definition) is 0. The Bertz CT molecular complexity index is 1100. The van der Waals surface area contributed by atoms with E-state index in [1.807, 2.05) is 25.1 Å². The third kappa shape index (κ3) is 3.18. The zero-order valence-electron chi connectivity index (χ0n) is 15.5. The Hall–Kier alpha value is -2.49. The molecule has 0 amide bonds. The predicted octanol–water partition coefficient (Wildman–Crippen LogP) is 6.69. The number of allylic oxidation sites excluding steroid dienone is 1. The van der Waals surface area contributed by atoms with Gasteiger partial charge in [0.05, 0.1) is 5.39 Å². The lowest BCUT2D eigenvalue weighted by atomic mass is 9.82. The smallest absolute Gasteiger partial charge is 0.344 e. The molecule has 27 heavy (non-hydrogen) atoms. The van der Waals surface area contributed by atoms with E-state index in [9.17, 15) is 13.6 Å². The maximum absolute atomic E-state index is 14.8. The summed E-state index contributed by atoms with van der Waals surface area (Å²) < 4.78 is 34.9. The second-order valence-electron chi connectivity index (χ2n) is 7.72. The Balaban J connectivity index is 1.81. The van der Waals surface area contributed by atoms with Crippen molar-refractivity contribution in [3.8, 4) is 0 Å². The number of benzene rings is 2. The van der Waals surface area contributed by atoms with Gasteiger partial charge in [-0.15, -0.1) is 0 Å². The van der Waals surface area contributed by atoms with Gasteiger partial charge in [0.15, 0.2) is 5.83 Å². The first-order valence-electron chi connectivity index (χ1n) is 9.47. The molecule has 0 atom stereocenters. The third-order valence-electron chi connectivity index (χ3n) is 5.79. The van der Waals surface area contributed by atoms with Gasteiger partial charge in [-0.2, -0.15) is 0 Å². The molecule has 3 aromatic rings. The molecule has 1 fully saturated rings. The Kier molecular flexibility index (Phi) is 4.58. The lowest BCUT2D eigenvalue weighted by Crippen LogP contribution is -2.13. The summed E-state index contributed by atoms with van der Waals surface area (Å²) in [5, 5.41) is 2.01. The van der Waals surface area contributed by atoms with Gasteiger partial charge in [-0.1, -0.05) is 44.0 Å². The average molecular weight is 368 g/mol. The quantitative estimate of drug-likeness (QED) is 0.373. The van der Waals surface area contributed by atoms with Gasteiger partial charge in [-0.25, -0.2) is 13.6 Å². The van der Waals surface area contributed by atoms with Crippen molar-refractivity contribution < 1.29 is 13.2 Å². The fourth-order valence-electron chi connectivity index (χ4n) is 4.11. The second kappa shape index (κ2) is 6.91. The lowest BCUT2D eigenvalue weighted by molar-refractivity contribution is 0.287. The van der Waals surface area contributed by atoms with Crippen molar-refractivity contribution in [2.45, 2.75) is 39.5 Å². The molecule has 4 rings (SSSR count). The van der Waals surface area contributed by atoms with Gasteiger partial charge < -0.3 is 4.42 Å². The van der Waals surface area contributed by atoms with Crippen molar-refractivity contribution >= 4 is 27.6 Å². The van der Waals surface area contributed by atoms with Crippen LogP contribution in [0.1, 0.15) is 43.7 Å². The largest absolute Gasteiger partial charge is 0.422 e. The molecule has 1 heterocycles. The van der Waals surface area contributed by atoms with Gasteiger partial charge in [-0.05, 0) is 43.4 Å². The van der Waals surface area contributed by atoms with Crippen molar-refractivity contribution in [2.75, 3.05) is 0 Å². The summed E-state index contributed by atoms with van der Waals surface area (Å²) >= 11 is 0. The average Bonchev–Trinajstić information content (AvgIpc) is 2.67. The van der Waals surface area contributed by atoms with Gasteiger partial charge in [0, 0.05) is 22.3 Å². The topological polar surface area (TPSA) is 30.2 Å². The highest BCUT2D eigenvalue weighted by Gasteiger charge is 2.25. The normalized spacial score (nSPS) is 21.5. The molecule has 2 aromatic carbocycles. The first kappa shape index (κ1) is 17.9. The van der Waals surface area contributed by atoms with Crippen molar-refractivity contribution in [2.24, 2.45) is 11.8 Å². The Morgan fingerprint density at radius 1 is 1.04 bits per heavy atom. The molecular weight excluding hydrogens is 346 g/mol. The van der Waals surface area contributed by atoms with Crippen molar-refractivity contribution in [1.82, 2.24) is 0 Å². The van der Waals surface area contributed by atoms with Gasteiger partial charge in [0.1, 0.15) is 11.4 Å². The van der Waals surface area contributed by atoms with Crippen LogP contribution < -0.4 is 5.63 Å². The maximum Gasteiger partial charge on any atom is 0.344 e. The van der Waals surface area contributed by atoms with Crippen LogP contribution in [0.3, 0.4) is 0 Å². The fraction of sp³-hybridized carbons (Fsp3) is 0.348. The summed E-state index contributed by atoms with van der Waals surface area (Å²) in [7, 11) is 0. The zero-order chi connectivity index (χ0) is 19.1. The van der Waals surface area contributed by atoms with Crippen LogP contribution in [0.2, 0.25) is 0 Å². The van der Waals surface area contributed by atoms with Gasteiger partial charge in [-0.3, -0.25) is 0 Å². The number of rotatable bonds is 2. The molecule has 1 aromatic heterocycles. The molecule has 0 saturated heterocycles. The van der Waals surface area contributed by atoms with Gasteiger partial charge >= 0.3 is 5.63 Å². The molecule has 2 nitrogen and oxygen atoms in total. The summed E-state index contributed by atoms with van der Waals surface area (Å²) in [4.78, 5) is 12.4. The summed E-state index contributed by atoms with van der Waals surface area (Å²) in [6.07, 6.45) is 3.19. The Morgan fingerprint density at radius 3 is 2.52 bits per heavy atom. The second-order valence-corrected chi connectivity index (χ2v) is 7.72. The molecule has 0 aliphatic heterocycles. The number of halogens is 2. The van der Waals surface area contributed by atoms with Crippen LogP contribution >= 0.6 is 0 Å². The van der Waals surface area contributed by atoms with Crippen LogP contribution in [0.5, 0.6) is 0 Å². The van der Waals surface area contributed by atoms with Crippen molar-refractivity contribution in [3.05, 3.63) is 63.8 Å². The molecule has 1 saturated carbocycles. The monoisotopic (exact) mass is 368 g/mol. The van der Waals surface area contributed by atoms with Crippen LogP contribution in [0.25, 0.3) is 27.6 Å². The first-order chi connectivity index (χ1) is 13.0. The highest BCUT2D eigenvalue weighted by molar-refractivity contribution is 6.05. The molecule has 1 aliphatic rings. The van der Waals surface area contributed by atoms with E-state index < -0.39 is 17.3 Å². The number of fused-ring (bicyclic) bond motifs is 3. The minimum Gasteiger partial charge on any atom is -0.422 e. The highest BCUT2D eigenvalue weighted by atomic mass is 19.2. The Labute approximate surface area is 156 Å². The summed E-state index contributed by atoms with van der Waals surface area (Å²) in [5.41, 5.74) is 0.763. The van der Waals surface area contributed by atoms with Crippen LogP contribution in [0.4, 0.5) is 8.78 Å². The van der Waals surface area contributed by atoms with Crippen LogP contribution in [0, 0.1) is 18.8 Å². The molecule has 140 valence electrons. The summed E-state index contributed by atoms with van der Waals surface area (Å²) in [6, 6.07) is 10.3. The summed E-state index contributed by atoms with van der Waals surface area (Å²) in [6.45, 7) is 3.99. The molecule has 0 radical (unpaired) electrons. The molecule has 1 aliphatic carbocycles. The van der Waals surface area contributed by atoms with Crippen LogP contribution in [-0.4, -0.2) is 0 Å². The van der Waals surface area contributed by atoms with E-state index in [-0.39, 0.29) is 17.1 Å². The SMILES string of the molecule is Cc1cccc2c1c(=O)oc1cc(/C(F)=C(\F)C3CCC(C)CC3)ccc12. The first-order valence-corrected chi connectivity index (χ1v) is 9.47. The van der Waals surface area contributed by atoms with Crippen LogP contribution in [0.15, 0.2) is 51.4 Å². The fourth-order valence-corrected chi connectivity index (χ4v) is 4.11. The van der Waals surface area contributed by atoms with E-state index in [4.69, 9.17) is 4.42 Å². The molecule has 0 spiro atoms. The van der Waals surface area contributed by atoms with Crippen molar-refractivity contribution in [1.29, 1.82) is 0 Å². The van der Waals surface area contributed by atoms with Gasteiger partial charge in [0.25, 0.3) is 0 Å². The van der Waals surface area contributed by atoms with E-state index in [1.54, 1.807) is 12.1 Å². The third-order valence-corrected chi connectivity index (χ3v) is 5.79. The Morgan fingerprint density at radius 2 is 1.78 bits per heavy atom. The summed E-state index contributed by atoms with van der Waals surface area (Å²) in [5.74, 6) is -1.31. The van der Waals surface area contributed by atoms with E-state index in [0.717, 1.165) is 29.2 Å². The maximum atomic E-state index is 14.8. The van der Waals surface area contributed by atoms with Gasteiger partial charge in [0.2, 0.25) is 0 Å². The molecule has 0 N–H and O–H groups in total. The van der Waals surface area contributed by atoms with Crippen LogP contribution in [-0.2, 0) is 0 Å². The molecule has 0 unspecified atom stereocenters. The number of hydrogen-bond acceptors (Lipinski definition) is 2. The van der Waals surface area contributed by atoms with E-state index >= 15 is 0 Å². The van der Waals surface area contributed by atoms with E-state index in [1.165, 1.54) is 6.07 Å². The zero-order valence-corrected chi connectivity index (χ0v) is 15.5. The highest BCUT2D eigenvalue weighted by Crippen LogP contribution is 2.38. The molecular formula is C23H22F2O2. The predicted molar refractivity (Wildman–Crippen MR) is 105 cm³/mol. The molecule has 0 bridgehead atoms. The number of aryl methyl sites for hydroxylation is 1. The van der Waals surface area contributed by atoms with E-state index in [0.29, 0.717) is 24.1 Å². The standard InChI is InChI=1S/C23H22F2O2/c1-13-6-8-15(9-7-13)21(24)22(25)16-10-11-17-18-5-3-4-14(2)20(18)23(26)27-19(17)12-16/h3-5,10-13,15H,6-9H2,1-2H3/b22-21+. The minimum atomic E-state index is -0.844. The molecule has 4 heteroatoms. The lowest BCUT2D eigenvalue weighted by Gasteiger charge is -2.25. The van der Waals surface area contributed by atoms with Crippen molar-refractivity contribution in [3.63, 3.8) is 0 Å². The minimum absolute atomic E-state index is 0.119. The van der Waals surface area contributed by atoms with E-state index in [2.05, 4.69) is 6.92 Å².